The fraction of sp³-hybridized carbons (Fsp3) is 0.290. The van der Waals surface area contributed by atoms with E-state index in [-0.39, 0.29) is 24.3 Å². The van der Waals surface area contributed by atoms with E-state index in [0.717, 1.165) is 58.4 Å². The molecule has 6 rings (SSSR count). The molecule has 1 unspecified atom stereocenters. The molecular formula is C31H30FNO3. The van der Waals surface area contributed by atoms with E-state index < -0.39 is 0 Å². The minimum Gasteiger partial charge on any atom is -0.508 e. The number of aromatic hydroxyl groups is 1. The Balaban J connectivity index is 1.33. The lowest BCUT2D eigenvalue weighted by atomic mass is 9.87. The predicted octanol–water partition coefficient (Wildman–Crippen LogP) is 6.84. The van der Waals surface area contributed by atoms with Crippen molar-refractivity contribution in [2.45, 2.75) is 32.0 Å². The van der Waals surface area contributed by atoms with Crippen molar-refractivity contribution in [2.75, 3.05) is 26.2 Å². The number of phenolic OH excluding ortho intramolecular Hbond substituents is 1. The standard InChI is InChI=1S/C31H30FNO3/c32-29-6-4-5-26-27-13-9-22-19-23(34)10-14-25(22)30(27)31(36-20-28(26)29)21-7-11-24(12-8-21)35-18-17-33-15-2-1-3-16-33/h4-14,19,31,34H,1-3,15-18,20H2. The van der Waals surface area contributed by atoms with E-state index in [4.69, 9.17) is 9.47 Å². The fourth-order valence-electron chi connectivity index (χ4n) is 5.54. The van der Waals surface area contributed by atoms with Crippen LogP contribution in [0, 0.1) is 5.82 Å². The van der Waals surface area contributed by atoms with E-state index in [1.165, 1.54) is 25.3 Å². The van der Waals surface area contributed by atoms with Crippen LogP contribution in [0.4, 0.5) is 4.39 Å². The highest BCUT2D eigenvalue weighted by molar-refractivity contribution is 5.94. The summed E-state index contributed by atoms with van der Waals surface area (Å²) in [4.78, 5) is 2.47. The number of hydrogen-bond acceptors (Lipinski definition) is 4. The number of piperidine rings is 1. The second kappa shape index (κ2) is 9.92. The van der Waals surface area contributed by atoms with Crippen LogP contribution in [0.2, 0.25) is 0 Å². The molecule has 0 aliphatic carbocycles. The summed E-state index contributed by atoms with van der Waals surface area (Å²) in [6, 6.07) is 22.6. The molecule has 0 spiro atoms. The molecule has 4 nitrogen and oxygen atoms in total. The molecule has 1 atom stereocenters. The molecule has 0 aromatic heterocycles. The van der Waals surface area contributed by atoms with Gasteiger partial charge in [0.1, 0.15) is 30.0 Å². The van der Waals surface area contributed by atoms with Crippen molar-refractivity contribution < 1.29 is 19.0 Å². The Kier molecular flexibility index (Phi) is 6.34. The van der Waals surface area contributed by atoms with Gasteiger partial charge in [0.05, 0.1) is 6.61 Å². The molecule has 36 heavy (non-hydrogen) atoms. The predicted molar refractivity (Wildman–Crippen MR) is 140 cm³/mol. The highest BCUT2D eigenvalue weighted by Crippen LogP contribution is 2.44. The van der Waals surface area contributed by atoms with Gasteiger partial charge in [-0.1, -0.05) is 48.9 Å². The summed E-state index contributed by atoms with van der Waals surface area (Å²) >= 11 is 0. The van der Waals surface area contributed by atoms with E-state index in [2.05, 4.69) is 4.90 Å². The summed E-state index contributed by atoms with van der Waals surface area (Å²) in [7, 11) is 0. The lowest BCUT2D eigenvalue weighted by molar-refractivity contribution is 0.0683. The first kappa shape index (κ1) is 23.0. The molecule has 1 saturated heterocycles. The van der Waals surface area contributed by atoms with Crippen molar-refractivity contribution >= 4 is 10.8 Å². The first-order valence-corrected chi connectivity index (χ1v) is 12.8. The molecule has 1 N–H and O–H groups in total. The van der Waals surface area contributed by atoms with E-state index in [1.54, 1.807) is 18.2 Å². The van der Waals surface area contributed by atoms with Gasteiger partial charge in [-0.3, -0.25) is 4.90 Å². The second-order valence-corrected chi connectivity index (χ2v) is 9.71. The van der Waals surface area contributed by atoms with Crippen LogP contribution in [-0.2, 0) is 11.3 Å². The second-order valence-electron chi connectivity index (χ2n) is 9.71. The van der Waals surface area contributed by atoms with E-state index in [0.29, 0.717) is 12.2 Å². The normalized spacial score (nSPS) is 17.9. The van der Waals surface area contributed by atoms with Gasteiger partial charge in [-0.05, 0) is 83.7 Å². The van der Waals surface area contributed by atoms with Crippen LogP contribution < -0.4 is 4.74 Å². The number of nitrogens with zero attached hydrogens (tertiary/aromatic N) is 1. The van der Waals surface area contributed by atoms with Crippen molar-refractivity contribution in [3.8, 4) is 22.6 Å². The van der Waals surface area contributed by atoms with Gasteiger partial charge in [0.25, 0.3) is 0 Å². The van der Waals surface area contributed by atoms with Crippen molar-refractivity contribution in [2.24, 2.45) is 0 Å². The largest absolute Gasteiger partial charge is 0.508 e. The van der Waals surface area contributed by atoms with Crippen LogP contribution in [0.15, 0.2) is 72.8 Å². The average molecular weight is 484 g/mol. The number of phenols is 1. The van der Waals surface area contributed by atoms with Crippen LogP contribution in [0.3, 0.4) is 0 Å². The van der Waals surface area contributed by atoms with E-state index >= 15 is 0 Å². The first-order chi connectivity index (χ1) is 17.7. The van der Waals surface area contributed by atoms with Crippen molar-refractivity contribution in [1.29, 1.82) is 0 Å². The summed E-state index contributed by atoms with van der Waals surface area (Å²) in [6.07, 6.45) is 3.50. The highest BCUT2D eigenvalue weighted by Gasteiger charge is 2.28. The number of likely N-dealkylation sites (tertiary alicyclic amines) is 1. The summed E-state index contributed by atoms with van der Waals surface area (Å²) in [5, 5.41) is 12.0. The average Bonchev–Trinajstić information content (AvgIpc) is 3.08. The number of ether oxygens (including phenoxy) is 2. The monoisotopic (exact) mass is 483 g/mol. The number of benzene rings is 4. The van der Waals surface area contributed by atoms with Gasteiger partial charge in [0, 0.05) is 17.7 Å². The van der Waals surface area contributed by atoms with Crippen molar-refractivity contribution in [3.05, 3.63) is 95.3 Å². The Morgan fingerprint density at radius 1 is 0.917 bits per heavy atom. The Bertz CT molecular complexity index is 1380. The molecule has 2 aliphatic heterocycles. The maximum atomic E-state index is 14.8. The van der Waals surface area contributed by atoms with Crippen LogP contribution in [0.25, 0.3) is 21.9 Å². The molecule has 0 radical (unpaired) electrons. The highest BCUT2D eigenvalue weighted by atomic mass is 19.1. The smallest absolute Gasteiger partial charge is 0.129 e. The molecule has 1 fully saturated rings. The molecule has 5 heteroatoms. The third kappa shape index (κ3) is 4.45. The molecule has 4 aromatic carbocycles. The van der Waals surface area contributed by atoms with Gasteiger partial charge in [-0.15, -0.1) is 0 Å². The van der Waals surface area contributed by atoms with Crippen molar-refractivity contribution in [3.63, 3.8) is 0 Å². The summed E-state index contributed by atoms with van der Waals surface area (Å²) in [5.74, 6) is 0.787. The van der Waals surface area contributed by atoms with Gasteiger partial charge < -0.3 is 14.6 Å². The maximum Gasteiger partial charge on any atom is 0.129 e. The number of rotatable bonds is 5. The first-order valence-electron chi connectivity index (χ1n) is 12.8. The number of halogens is 1. The van der Waals surface area contributed by atoms with E-state index in [9.17, 15) is 9.50 Å². The third-order valence-corrected chi connectivity index (χ3v) is 7.42. The van der Waals surface area contributed by atoms with Crippen LogP contribution in [0.5, 0.6) is 11.5 Å². The Morgan fingerprint density at radius 3 is 2.58 bits per heavy atom. The summed E-state index contributed by atoms with van der Waals surface area (Å²) in [5.41, 5.74) is 4.33. The van der Waals surface area contributed by atoms with E-state index in [1.807, 2.05) is 48.5 Å². The quantitative estimate of drug-likeness (QED) is 0.338. The zero-order valence-corrected chi connectivity index (χ0v) is 20.3. The lowest BCUT2D eigenvalue weighted by Gasteiger charge is -2.26. The van der Waals surface area contributed by atoms with Gasteiger partial charge in [0.15, 0.2) is 0 Å². The van der Waals surface area contributed by atoms with Gasteiger partial charge >= 0.3 is 0 Å². The Morgan fingerprint density at radius 2 is 1.75 bits per heavy atom. The molecular weight excluding hydrogens is 453 g/mol. The van der Waals surface area contributed by atoms with Crippen LogP contribution in [-0.4, -0.2) is 36.2 Å². The summed E-state index contributed by atoms with van der Waals surface area (Å²) in [6.45, 7) is 4.12. The maximum absolute atomic E-state index is 14.8. The molecule has 4 aromatic rings. The SMILES string of the molecule is Oc1ccc2c3c(ccc2c1)-c1cccc(F)c1COC3c1ccc(OCCN2CCCCC2)cc1. The van der Waals surface area contributed by atoms with Crippen LogP contribution in [0.1, 0.15) is 42.1 Å². The molecule has 184 valence electrons. The minimum atomic E-state index is -0.387. The van der Waals surface area contributed by atoms with Gasteiger partial charge in [0.2, 0.25) is 0 Å². The van der Waals surface area contributed by atoms with Crippen molar-refractivity contribution in [1.82, 2.24) is 4.90 Å². The number of hydrogen-bond donors (Lipinski definition) is 1. The molecule has 0 saturated carbocycles. The van der Waals surface area contributed by atoms with Gasteiger partial charge in [-0.2, -0.15) is 0 Å². The Hall–Kier alpha value is -3.41. The molecule has 0 amide bonds. The third-order valence-electron chi connectivity index (χ3n) is 7.42. The van der Waals surface area contributed by atoms with Gasteiger partial charge in [-0.25, -0.2) is 4.39 Å². The molecule has 2 heterocycles. The Labute approximate surface area is 210 Å². The topological polar surface area (TPSA) is 41.9 Å². The molecule has 0 bridgehead atoms. The number of fused-ring (bicyclic) bond motifs is 5. The lowest BCUT2D eigenvalue weighted by Crippen LogP contribution is -2.33. The van der Waals surface area contributed by atoms with Crippen LogP contribution >= 0.6 is 0 Å². The minimum absolute atomic E-state index is 0.176. The zero-order chi connectivity index (χ0) is 24.5. The molecule has 2 aliphatic rings. The summed E-state index contributed by atoms with van der Waals surface area (Å²) < 4.78 is 27.3. The zero-order valence-electron chi connectivity index (χ0n) is 20.3. The fourth-order valence-corrected chi connectivity index (χ4v) is 5.54.